The number of halogens is 1. The van der Waals surface area contributed by atoms with Crippen molar-refractivity contribution in [3.8, 4) is 16.9 Å². The van der Waals surface area contributed by atoms with Gasteiger partial charge in [-0.15, -0.1) is 10.2 Å². The van der Waals surface area contributed by atoms with Crippen molar-refractivity contribution in [2.45, 2.75) is 0 Å². The second-order valence-electron chi connectivity index (χ2n) is 7.86. The average Bonchev–Trinajstić information content (AvgIpc) is 2.87. The SMILES string of the molecule is CN(C)C(=O)c1ccc(-[n+]2cc(C(=O)c3ccccc3)ccc2-c2ccccc2)cc1.[O-][Cl+3]([O-])([O-])[O-]. The monoisotopic (exact) mass is 506 g/mol. The Morgan fingerprint density at radius 1 is 0.667 bits per heavy atom. The highest BCUT2D eigenvalue weighted by atomic mass is 35.7. The van der Waals surface area contributed by atoms with Crippen molar-refractivity contribution in [1.82, 2.24) is 4.90 Å². The molecule has 4 rings (SSSR count). The van der Waals surface area contributed by atoms with Gasteiger partial charge in [-0.1, -0.05) is 48.5 Å². The van der Waals surface area contributed by atoms with Crippen LogP contribution < -0.4 is 23.2 Å². The van der Waals surface area contributed by atoms with E-state index in [1.807, 2.05) is 108 Å². The van der Waals surface area contributed by atoms with E-state index in [1.165, 1.54) is 0 Å². The molecule has 1 aromatic heterocycles. The zero-order valence-corrected chi connectivity index (χ0v) is 20.3. The van der Waals surface area contributed by atoms with E-state index >= 15 is 0 Å². The lowest BCUT2D eigenvalue weighted by Gasteiger charge is -2.17. The summed E-state index contributed by atoms with van der Waals surface area (Å²) in [6.45, 7) is 0. The van der Waals surface area contributed by atoms with E-state index < -0.39 is 10.2 Å². The number of carbonyl (C=O) groups is 2. The molecule has 1 heterocycles. The first-order valence-corrected chi connectivity index (χ1v) is 11.9. The molecule has 8 nitrogen and oxygen atoms in total. The Kier molecular flexibility index (Phi) is 8.65. The van der Waals surface area contributed by atoms with E-state index in [-0.39, 0.29) is 11.7 Å². The van der Waals surface area contributed by atoms with Crippen LogP contribution in [0.3, 0.4) is 0 Å². The summed E-state index contributed by atoms with van der Waals surface area (Å²) in [5, 5.41) is 0. The molecule has 0 aliphatic heterocycles. The molecule has 184 valence electrons. The molecule has 0 aliphatic carbocycles. The highest BCUT2D eigenvalue weighted by Crippen LogP contribution is 2.19. The lowest BCUT2D eigenvalue weighted by molar-refractivity contribution is -2.00. The number of benzene rings is 3. The minimum Gasteiger partial charge on any atom is -0.345 e. The molecule has 0 unspecified atom stereocenters. The van der Waals surface area contributed by atoms with E-state index in [2.05, 4.69) is 0 Å². The van der Waals surface area contributed by atoms with Crippen LogP contribution >= 0.6 is 0 Å². The molecule has 36 heavy (non-hydrogen) atoms. The van der Waals surface area contributed by atoms with Crippen LogP contribution in [0.15, 0.2) is 103 Å². The zero-order chi connectivity index (χ0) is 26.3. The average molecular weight is 507 g/mol. The van der Waals surface area contributed by atoms with Gasteiger partial charge in [-0.2, -0.15) is 4.57 Å². The summed E-state index contributed by atoms with van der Waals surface area (Å²) in [5.41, 5.74) is 4.73. The van der Waals surface area contributed by atoms with Gasteiger partial charge in [0.2, 0.25) is 11.4 Å². The van der Waals surface area contributed by atoms with E-state index in [9.17, 15) is 9.59 Å². The van der Waals surface area contributed by atoms with Gasteiger partial charge in [0, 0.05) is 49.0 Å². The lowest BCUT2D eigenvalue weighted by atomic mass is 10.0. The molecular weight excluding hydrogens is 484 g/mol. The summed E-state index contributed by atoms with van der Waals surface area (Å²) >= 11 is 0. The molecule has 3 aromatic carbocycles. The fraction of sp³-hybridized carbons (Fsp3) is 0.0741. The van der Waals surface area contributed by atoms with E-state index in [4.69, 9.17) is 18.6 Å². The quantitative estimate of drug-likeness (QED) is 0.272. The van der Waals surface area contributed by atoms with Gasteiger partial charge < -0.3 is 4.90 Å². The van der Waals surface area contributed by atoms with Crippen molar-refractivity contribution in [2.75, 3.05) is 14.1 Å². The van der Waals surface area contributed by atoms with Crippen molar-refractivity contribution in [1.29, 1.82) is 0 Å². The summed E-state index contributed by atoms with van der Waals surface area (Å²) in [7, 11) is -1.48. The van der Waals surface area contributed by atoms with Crippen LogP contribution in [0, 0.1) is 10.2 Å². The maximum absolute atomic E-state index is 13.0. The van der Waals surface area contributed by atoms with Gasteiger partial charge in [0.15, 0.2) is 12.0 Å². The van der Waals surface area contributed by atoms with Crippen molar-refractivity contribution >= 4 is 11.7 Å². The summed E-state index contributed by atoms with van der Waals surface area (Å²) in [6.07, 6.45) is 1.86. The minimum atomic E-state index is -4.94. The van der Waals surface area contributed by atoms with E-state index in [1.54, 1.807) is 19.0 Å². The number of rotatable bonds is 5. The summed E-state index contributed by atoms with van der Waals surface area (Å²) < 4.78 is 36.0. The fourth-order valence-corrected chi connectivity index (χ4v) is 3.47. The van der Waals surface area contributed by atoms with Gasteiger partial charge in [0.25, 0.3) is 5.91 Å². The van der Waals surface area contributed by atoms with Crippen LogP contribution in [0.25, 0.3) is 16.9 Å². The van der Waals surface area contributed by atoms with Crippen LogP contribution in [0.1, 0.15) is 26.3 Å². The Balaban J connectivity index is 0.000000658. The Hall–Kier alpha value is -3.92. The largest absolute Gasteiger partial charge is 0.345 e. The highest BCUT2D eigenvalue weighted by molar-refractivity contribution is 6.08. The standard InChI is InChI=1S/C27H23N2O2.ClHO4/c1-28(2)27(31)22-13-16-24(17-14-22)29-19-23(26(30)21-11-7-4-8-12-21)15-18-25(29)20-9-5-3-6-10-20;2-1(3,4)5/h3-19H,1-2H3;(H,2,3,4,5)/q+1;/p-1. The number of ketones is 1. The van der Waals surface area contributed by atoms with Crippen LogP contribution in [0.5, 0.6) is 0 Å². The molecule has 0 saturated carbocycles. The molecule has 4 aromatic rings. The van der Waals surface area contributed by atoms with Gasteiger partial charge in [0.1, 0.15) is 0 Å². The van der Waals surface area contributed by atoms with Gasteiger partial charge >= 0.3 is 0 Å². The zero-order valence-electron chi connectivity index (χ0n) is 19.5. The third kappa shape index (κ3) is 7.29. The van der Waals surface area contributed by atoms with Crippen LogP contribution in [0.4, 0.5) is 0 Å². The number of pyridine rings is 1. The molecule has 0 N–H and O–H groups in total. The number of nitrogens with zero attached hydrogens (tertiary/aromatic N) is 2. The first-order valence-electron chi connectivity index (χ1n) is 10.7. The molecule has 0 atom stereocenters. The summed E-state index contributed by atoms with van der Waals surface area (Å²) in [4.78, 5) is 26.8. The Morgan fingerprint density at radius 3 is 1.69 bits per heavy atom. The highest BCUT2D eigenvalue weighted by Gasteiger charge is 2.21. The predicted octanol–water partition coefficient (Wildman–Crippen LogP) is -0.193. The maximum Gasteiger partial charge on any atom is 0.253 e. The van der Waals surface area contributed by atoms with E-state index in [0.717, 1.165) is 16.9 Å². The molecule has 0 saturated heterocycles. The second kappa shape index (κ2) is 11.7. The molecule has 0 fully saturated rings. The number of hydrogen-bond donors (Lipinski definition) is 0. The van der Waals surface area contributed by atoms with Crippen molar-refractivity contribution < 1.29 is 43.0 Å². The fourth-order valence-electron chi connectivity index (χ4n) is 3.47. The Bertz CT molecular complexity index is 1320. The molecule has 0 radical (unpaired) electrons. The van der Waals surface area contributed by atoms with Crippen LogP contribution in [-0.2, 0) is 0 Å². The number of amides is 1. The molecule has 0 bridgehead atoms. The van der Waals surface area contributed by atoms with Gasteiger partial charge in [-0.3, -0.25) is 9.59 Å². The number of hydrogen-bond acceptors (Lipinski definition) is 6. The van der Waals surface area contributed by atoms with E-state index in [0.29, 0.717) is 16.7 Å². The predicted molar refractivity (Wildman–Crippen MR) is 121 cm³/mol. The maximum atomic E-state index is 13.0. The van der Waals surface area contributed by atoms with Crippen molar-refractivity contribution in [3.05, 3.63) is 120 Å². The molecule has 0 spiro atoms. The van der Waals surface area contributed by atoms with Gasteiger partial charge in [-0.25, -0.2) is 18.6 Å². The van der Waals surface area contributed by atoms with Gasteiger partial charge in [0.05, 0.1) is 5.56 Å². The van der Waals surface area contributed by atoms with Crippen molar-refractivity contribution in [3.63, 3.8) is 0 Å². The Morgan fingerprint density at radius 2 is 1.17 bits per heavy atom. The third-order valence-corrected chi connectivity index (χ3v) is 5.11. The van der Waals surface area contributed by atoms with Crippen molar-refractivity contribution in [2.24, 2.45) is 0 Å². The third-order valence-electron chi connectivity index (χ3n) is 5.11. The van der Waals surface area contributed by atoms with Crippen LogP contribution in [0.2, 0.25) is 0 Å². The smallest absolute Gasteiger partial charge is 0.253 e. The van der Waals surface area contributed by atoms with Gasteiger partial charge in [-0.05, 0) is 30.3 Å². The molecule has 9 heteroatoms. The summed E-state index contributed by atoms with van der Waals surface area (Å²) in [5.74, 6) is -0.0822. The first kappa shape index (κ1) is 26.7. The Labute approximate surface area is 210 Å². The number of aromatic nitrogens is 1. The normalized spacial score (nSPS) is 10.7. The topological polar surface area (TPSA) is 134 Å². The number of carbonyl (C=O) groups excluding carboxylic acids is 2. The van der Waals surface area contributed by atoms with Crippen LogP contribution in [-0.4, -0.2) is 30.7 Å². The minimum absolute atomic E-state index is 0.0339. The second-order valence-corrected chi connectivity index (χ2v) is 8.61. The molecule has 0 aliphatic rings. The molecule has 1 amide bonds. The first-order chi connectivity index (χ1) is 17.0. The molecular formula is C27H23ClN2O6. The summed E-state index contributed by atoms with van der Waals surface area (Å²) in [6, 6.07) is 30.5. The lowest BCUT2D eigenvalue weighted by Crippen LogP contribution is -2.68.